The number of carboxylic acids is 1. The van der Waals surface area contributed by atoms with Crippen molar-refractivity contribution in [1.82, 2.24) is 0 Å². The Morgan fingerprint density at radius 3 is 2.36 bits per heavy atom. The number of hydrogen-bond donors (Lipinski definition) is 1. The zero-order valence-corrected chi connectivity index (χ0v) is 13.0. The summed E-state index contributed by atoms with van der Waals surface area (Å²) >= 11 is 0. The lowest BCUT2D eigenvalue weighted by atomic mass is 10.1. The zero-order chi connectivity index (χ0) is 18.4. The van der Waals surface area contributed by atoms with Crippen LogP contribution in [0, 0.1) is 0 Å². The minimum Gasteiger partial charge on any atom is -0.478 e. The Bertz CT molecular complexity index is 796. The van der Waals surface area contributed by atoms with E-state index in [0.717, 1.165) is 12.1 Å². The molecule has 0 atom stereocenters. The van der Waals surface area contributed by atoms with Crippen molar-refractivity contribution in [3.05, 3.63) is 76.9 Å². The molecule has 130 valence electrons. The molecule has 0 aliphatic heterocycles. The summed E-state index contributed by atoms with van der Waals surface area (Å²) < 4.78 is 38.2. The molecule has 0 fully saturated rings. The highest BCUT2D eigenvalue weighted by Gasteiger charge is 2.30. The molecule has 0 radical (unpaired) electrons. The van der Waals surface area contributed by atoms with Gasteiger partial charge in [0.15, 0.2) is 5.76 Å². The van der Waals surface area contributed by atoms with Crippen molar-refractivity contribution in [1.29, 1.82) is 0 Å². The van der Waals surface area contributed by atoms with Gasteiger partial charge in [0.2, 0.25) is 0 Å². The van der Waals surface area contributed by atoms with Gasteiger partial charge in [0, 0.05) is 12.3 Å². The number of alkyl halides is 3. The van der Waals surface area contributed by atoms with E-state index in [1.165, 1.54) is 30.3 Å². The van der Waals surface area contributed by atoms with E-state index in [-0.39, 0.29) is 17.7 Å². The first-order chi connectivity index (χ1) is 11.8. The van der Waals surface area contributed by atoms with Crippen LogP contribution < -0.4 is 0 Å². The number of hydrogen-bond acceptors (Lipinski definition) is 3. The average molecular weight is 349 g/mol. The summed E-state index contributed by atoms with van der Waals surface area (Å²) in [5.41, 5.74) is 0.354. The van der Waals surface area contributed by atoms with Crippen LogP contribution in [0.3, 0.4) is 0 Å². The number of halogens is 3. The molecule has 2 aromatic carbocycles. The summed E-state index contributed by atoms with van der Waals surface area (Å²) in [6, 6.07) is 10.8. The smallest absolute Gasteiger partial charge is 0.416 e. The van der Waals surface area contributed by atoms with Crippen molar-refractivity contribution in [3.63, 3.8) is 0 Å². The maximum atomic E-state index is 12.7. The van der Waals surface area contributed by atoms with E-state index in [9.17, 15) is 18.0 Å². The van der Waals surface area contributed by atoms with Crippen LogP contribution in [0.4, 0.5) is 13.2 Å². The van der Waals surface area contributed by atoms with Crippen LogP contribution in [-0.4, -0.2) is 17.8 Å². The SMILES string of the molecule is C=NO/C(=C\Cc1cccc(C(F)(F)F)c1)c1ccc(C(=O)O)cc1. The zero-order valence-electron chi connectivity index (χ0n) is 13.0. The summed E-state index contributed by atoms with van der Waals surface area (Å²) in [6.07, 6.45) is -2.68. The molecule has 0 amide bonds. The Morgan fingerprint density at radius 2 is 1.80 bits per heavy atom. The molecule has 0 spiro atoms. The van der Waals surface area contributed by atoms with Gasteiger partial charge in [-0.2, -0.15) is 13.2 Å². The van der Waals surface area contributed by atoms with Gasteiger partial charge in [-0.3, -0.25) is 0 Å². The lowest BCUT2D eigenvalue weighted by molar-refractivity contribution is -0.137. The molecule has 2 rings (SSSR count). The molecule has 2 aromatic rings. The van der Waals surface area contributed by atoms with Crippen LogP contribution in [-0.2, 0) is 17.4 Å². The van der Waals surface area contributed by atoms with Gasteiger partial charge in [0.25, 0.3) is 0 Å². The van der Waals surface area contributed by atoms with Gasteiger partial charge >= 0.3 is 12.1 Å². The summed E-state index contributed by atoms with van der Waals surface area (Å²) in [7, 11) is 0. The third-order valence-electron chi connectivity index (χ3n) is 3.36. The third kappa shape index (κ3) is 4.94. The standard InChI is InChI=1S/C18H14F3NO3/c1-22-25-16(13-6-8-14(9-7-13)17(23)24)10-5-12-3-2-4-15(11-12)18(19,20)21/h2-4,6-11H,1,5H2,(H,23,24)/b16-10-. The summed E-state index contributed by atoms with van der Waals surface area (Å²) in [4.78, 5) is 15.9. The highest BCUT2D eigenvalue weighted by molar-refractivity contribution is 5.87. The Hall–Kier alpha value is -3.09. The Kier molecular flexibility index (Phi) is 5.59. The fourth-order valence-electron chi connectivity index (χ4n) is 2.14. The van der Waals surface area contributed by atoms with Gasteiger partial charge in [-0.1, -0.05) is 35.5 Å². The monoisotopic (exact) mass is 349 g/mol. The van der Waals surface area contributed by atoms with Gasteiger partial charge in [-0.05, 0) is 36.3 Å². The van der Waals surface area contributed by atoms with E-state index in [1.807, 2.05) is 0 Å². The number of carbonyl (C=O) groups is 1. The second-order valence-electron chi connectivity index (χ2n) is 5.07. The first-order valence-corrected chi connectivity index (χ1v) is 7.14. The second-order valence-corrected chi connectivity index (χ2v) is 5.07. The first-order valence-electron chi connectivity index (χ1n) is 7.14. The lowest BCUT2D eigenvalue weighted by Gasteiger charge is -2.09. The van der Waals surface area contributed by atoms with Gasteiger partial charge < -0.3 is 9.94 Å². The number of aromatic carboxylic acids is 1. The highest BCUT2D eigenvalue weighted by Crippen LogP contribution is 2.30. The fraction of sp³-hybridized carbons (Fsp3) is 0.111. The molecular weight excluding hydrogens is 335 g/mol. The largest absolute Gasteiger partial charge is 0.478 e. The van der Waals surface area contributed by atoms with E-state index in [4.69, 9.17) is 9.94 Å². The van der Waals surface area contributed by atoms with Crippen LogP contribution >= 0.6 is 0 Å². The molecule has 0 aliphatic rings. The number of carboxylic acid groups (broad SMARTS) is 1. The van der Waals surface area contributed by atoms with Gasteiger partial charge in [-0.15, -0.1) is 0 Å². The Balaban J connectivity index is 2.25. The van der Waals surface area contributed by atoms with E-state index < -0.39 is 17.7 Å². The Labute approximate surface area is 141 Å². The van der Waals surface area contributed by atoms with E-state index in [1.54, 1.807) is 12.1 Å². The first kappa shape index (κ1) is 18.3. The van der Waals surface area contributed by atoms with Gasteiger partial charge in [0.1, 0.15) is 0 Å². The van der Waals surface area contributed by atoms with Crippen molar-refractivity contribution < 1.29 is 27.9 Å². The van der Waals surface area contributed by atoms with Crippen LogP contribution in [0.2, 0.25) is 0 Å². The number of oxime groups is 1. The Morgan fingerprint density at radius 1 is 1.16 bits per heavy atom. The topological polar surface area (TPSA) is 58.9 Å². The van der Waals surface area contributed by atoms with E-state index >= 15 is 0 Å². The summed E-state index contributed by atoms with van der Waals surface area (Å²) in [6.45, 7) is 3.22. The maximum Gasteiger partial charge on any atom is 0.416 e. The number of allylic oxidation sites excluding steroid dienone is 1. The molecular formula is C18H14F3NO3. The minimum atomic E-state index is -4.41. The molecule has 0 aromatic heterocycles. The molecule has 25 heavy (non-hydrogen) atoms. The number of benzene rings is 2. The fourth-order valence-corrected chi connectivity index (χ4v) is 2.14. The van der Waals surface area contributed by atoms with Crippen LogP contribution in [0.5, 0.6) is 0 Å². The maximum absolute atomic E-state index is 12.7. The predicted octanol–water partition coefficient (Wildman–Crippen LogP) is 4.62. The van der Waals surface area contributed by atoms with Crippen molar-refractivity contribution in [3.8, 4) is 0 Å². The molecule has 0 bridgehead atoms. The van der Waals surface area contributed by atoms with Crippen LogP contribution in [0.1, 0.15) is 27.0 Å². The third-order valence-corrected chi connectivity index (χ3v) is 3.36. The van der Waals surface area contributed by atoms with Crippen LogP contribution in [0.25, 0.3) is 5.76 Å². The molecule has 0 unspecified atom stereocenters. The van der Waals surface area contributed by atoms with Crippen molar-refractivity contribution in [2.45, 2.75) is 12.6 Å². The molecule has 0 heterocycles. The second kappa shape index (κ2) is 7.65. The van der Waals surface area contributed by atoms with Crippen molar-refractivity contribution in [2.75, 3.05) is 0 Å². The molecule has 4 nitrogen and oxygen atoms in total. The quantitative estimate of drug-likeness (QED) is 0.470. The molecule has 1 N–H and O–H groups in total. The molecule has 7 heteroatoms. The predicted molar refractivity (Wildman–Crippen MR) is 87.2 cm³/mol. The highest BCUT2D eigenvalue weighted by atomic mass is 19.4. The van der Waals surface area contributed by atoms with Gasteiger partial charge in [-0.25, -0.2) is 4.79 Å². The van der Waals surface area contributed by atoms with Crippen molar-refractivity contribution in [2.24, 2.45) is 5.16 Å². The number of nitrogens with zero attached hydrogens (tertiary/aromatic N) is 1. The van der Waals surface area contributed by atoms with Crippen molar-refractivity contribution >= 4 is 18.4 Å². The van der Waals surface area contributed by atoms with Crippen LogP contribution in [0.15, 0.2) is 59.8 Å². The molecule has 0 saturated heterocycles. The molecule has 0 aliphatic carbocycles. The van der Waals surface area contributed by atoms with E-state index in [0.29, 0.717) is 11.1 Å². The summed E-state index contributed by atoms with van der Waals surface area (Å²) in [5.74, 6) is -0.798. The van der Waals surface area contributed by atoms with Gasteiger partial charge in [0.05, 0.1) is 11.1 Å². The lowest BCUT2D eigenvalue weighted by Crippen LogP contribution is -2.05. The number of rotatable bonds is 6. The summed E-state index contributed by atoms with van der Waals surface area (Å²) in [5, 5.41) is 12.2. The molecule has 0 saturated carbocycles. The van der Waals surface area contributed by atoms with E-state index in [2.05, 4.69) is 11.9 Å². The average Bonchev–Trinajstić information content (AvgIpc) is 2.58. The minimum absolute atomic E-state index is 0.104. The normalized spacial score (nSPS) is 11.9.